The van der Waals surface area contributed by atoms with Gasteiger partial charge in [0.1, 0.15) is 11.3 Å². The number of carboxylic acid groups (broad SMARTS) is 1. The number of β-amino-alcohol motifs (C(OH)–C–C–N with tert-alkyl or cyclic N) is 1. The molecule has 1 fully saturated rings. The number of ether oxygens (including phenoxy) is 1. The van der Waals surface area contributed by atoms with Gasteiger partial charge in [-0.3, -0.25) is 9.59 Å². The Labute approximate surface area is 187 Å². The summed E-state index contributed by atoms with van der Waals surface area (Å²) in [5, 5.41) is 18.4. The Morgan fingerprint density at radius 2 is 1.94 bits per heavy atom. The summed E-state index contributed by atoms with van der Waals surface area (Å²) in [7, 11) is 3.82. The predicted molar refractivity (Wildman–Crippen MR) is 120 cm³/mol. The van der Waals surface area contributed by atoms with Gasteiger partial charge in [-0.1, -0.05) is 0 Å². The zero-order valence-electron chi connectivity index (χ0n) is 19.3. The summed E-state index contributed by atoms with van der Waals surface area (Å²) in [4.78, 5) is 36.7. The van der Waals surface area contributed by atoms with E-state index < -0.39 is 5.60 Å². The fourth-order valence-corrected chi connectivity index (χ4v) is 4.08. The Morgan fingerprint density at radius 1 is 1.28 bits per heavy atom. The van der Waals surface area contributed by atoms with Crippen molar-refractivity contribution in [3.05, 3.63) is 39.2 Å². The Hall–Kier alpha value is -2.91. The number of carbonyl (C=O) groups is 2. The Bertz CT molecular complexity index is 1030. The molecule has 2 N–H and O–H groups in total. The van der Waals surface area contributed by atoms with Gasteiger partial charge in [0.05, 0.1) is 17.5 Å². The van der Waals surface area contributed by atoms with Gasteiger partial charge in [-0.25, -0.2) is 4.79 Å². The molecule has 0 radical (unpaired) electrons. The number of rotatable bonds is 5. The van der Waals surface area contributed by atoms with Crippen LogP contribution in [-0.2, 0) is 9.59 Å². The average molecular weight is 449 g/mol. The lowest BCUT2D eigenvalue weighted by molar-refractivity contribution is -0.141. The Balaban J connectivity index is 0.00000114. The number of hydrogen-bond donors (Lipinski definition) is 2. The summed E-state index contributed by atoms with van der Waals surface area (Å²) in [6, 6.07) is 3.64. The number of benzene rings is 1. The molecule has 1 aliphatic heterocycles. The van der Waals surface area contributed by atoms with E-state index in [2.05, 4.69) is 0 Å². The van der Waals surface area contributed by atoms with Crippen LogP contribution in [0.15, 0.2) is 21.3 Å². The van der Waals surface area contributed by atoms with E-state index in [0.717, 1.165) is 17.5 Å². The molecule has 1 aromatic carbocycles. The van der Waals surface area contributed by atoms with E-state index in [1.807, 2.05) is 38.9 Å². The largest absolute Gasteiger partial charge is 0.483 e. The monoisotopic (exact) mass is 448 g/mol. The molecule has 0 aliphatic carbocycles. The number of nitrogens with zero attached hydrogens (tertiary/aromatic N) is 2. The molecule has 1 atom stereocenters. The number of hydrogen-bond acceptors (Lipinski definition) is 7. The number of piperidine rings is 1. The minimum absolute atomic E-state index is 0.131. The second kappa shape index (κ2) is 10.6. The van der Waals surface area contributed by atoms with Crippen LogP contribution in [0.2, 0.25) is 0 Å². The number of likely N-dealkylation sites (N-methyl/N-ethyl adjacent to an activating group) is 1. The molecule has 1 unspecified atom stereocenters. The smallest absolute Gasteiger partial charge is 0.339 e. The van der Waals surface area contributed by atoms with Gasteiger partial charge in [0.2, 0.25) is 0 Å². The molecule has 0 saturated carbocycles. The highest BCUT2D eigenvalue weighted by molar-refractivity contribution is 5.88. The van der Waals surface area contributed by atoms with E-state index >= 15 is 0 Å². The van der Waals surface area contributed by atoms with Crippen LogP contribution in [0.5, 0.6) is 5.75 Å². The van der Waals surface area contributed by atoms with Crippen LogP contribution in [0.4, 0.5) is 0 Å². The van der Waals surface area contributed by atoms with Crippen molar-refractivity contribution in [2.45, 2.75) is 39.2 Å². The highest BCUT2D eigenvalue weighted by Gasteiger charge is 2.35. The summed E-state index contributed by atoms with van der Waals surface area (Å²) >= 11 is 0. The van der Waals surface area contributed by atoms with Crippen LogP contribution < -0.4 is 10.4 Å². The molecule has 1 amide bonds. The molecule has 176 valence electrons. The third kappa shape index (κ3) is 6.08. The summed E-state index contributed by atoms with van der Waals surface area (Å²) in [5.41, 5.74) is 1.39. The van der Waals surface area contributed by atoms with Gasteiger partial charge in [-0.2, -0.15) is 0 Å². The summed E-state index contributed by atoms with van der Waals surface area (Å²) in [6.45, 7) is 6.49. The van der Waals surface area contributed by atoms with E-state index in [1.165, 1.54) is 0 Å². The second-order valence-corrected chi connectivity index (χ2v) is 8.55. The lowest BCUT2D eigenvalue weighted by atomic mass is 9.92. The van der Waals surface area contributed by atoms with Crippen molar-refractivity contribution in [1.82, 2.24) is 9.80 Å². The number of amides is 1. The average Bonchev–Trinajstić information content (AvgIpc) is 2.69. The summed E-state index contributed by atoms with van der Waals surface area (Å²) in [6.07, 6.45) is 1.43. The quantitative estimate of drug-likeness (QED) is 0.524. The minimum Gasteiger partial charge on any atom is -0.483 e. The standard InChI is InChI=1S/C22H30N2O5.CH2O2/c1-14-9-17(20-15(2)16(3)21(26)29-18(20)10-14)28-11-19(25)24-8-6-7-22(27,13-24)12-23(4)5;2-1-3/h9-10,27H,6-8,11-13H2,1-5H3;1H,(H,2,3). The number of fused-ring (bicyclic) bond motifs is 1. The predicted octanol–water partition coefficient (Wildman–Crippen LogP) is 1.71. The number of aryl methyl sites for hydroxylation is 2. The molecule has 1 aliphatic rings. The summed E-state index contributed by atoms with van der Waals surface area (Å²) < 4.78 is 11.3. The highest BCUT2D eigenvalue weighted by atomic mass is 16.5. The fourth-order valence-electron chi connectivity index (χ4n) is 4.08. The normalized spacial score (nSPS) is 18.3. The van der Waals surface area contributed by atoms with Gasteiger partial charge in [-0.15, -0.1) is 0 Å². The van der Waals surface area contributed by atoms with Gasteiger partial charge < -0.3 is 29.2 Å². The van der Waals surface area contributed by atoms with Crippen molar-refractivity contribution in [3.63, 3.8) is 0 Å². The molecular weight excluding hydrogens is 416 g/mol. The molecule has 9 nitrogen and oxygen atoms in total. The minimum atomic E-state index is -0.898. The maximum atomic E-state index is 12.8. The van der Waals surface area contributed by atoms with E-state index in [1.54, 1.807) is 17.9 Å². The highest BCUT2D eigenvalue weighted by Crippen LogP contribution is 2.31. The lowest BCUT2D eigenvalue weighted by Gasteiger charge is -2.40. The third-order valence-electron chi connectivity index (χ3n) is 5.53. The van der Waals surface area contributed by atoms with Gasteiger partial charge in [0.15, 0.2) is 6.61 Å². The molecule has 0 spiro atoms. The molecule has 2 heterocycles. The molecule has 1 aromatic heterocycles. The lowest BCUT2D eigenvalue weighted by Crippen LogP contribution is -2.55. The van der Waals surface area contributed by atoms with E-state index in [9.17, 15) is 14.7 Å². The van der Waals surface area contributed by atoms with Gasteiger partial charge in [0.25, 0.3) is 12.4 Å². The Morgan fingerprint density at radius 3 is 2.56 bits per heavy atom. The van der Waals surface area contributed by atoms with Crippen LogP contribution in [0.25, 0.3) is 11.0 Å². The maximum absolute atomic E-state index is 12.8. The van der Waals surface area contributed by atoms with Crippen molar-refractivity contribution in [1.29, 1.82) is 0 Å². The van der Waals surface area contributed by atoms with Crippen molar-refractivity contribution < 1.29 is 29.0 Å². The van der Waals surface area contributed by atoms with E-state index in [-0.39, 0.29) is 24.6 Å². The van der Waals surface area contributed by atoms with Gasteiger partial charge >= 0.3 is 5.63 Å². The first-order chi connectivity index (χ1) is 15.0. The van der Waals surface area contributed by atoms with Crippen LogP contribution in [0, 0.1) is 20.8 Å². The second-order valence-electron chi connectivity index (χ2n) is 8.55. The molecule has 1 saturated heterocycles. The first kappa shape index (κ1) is 25.4. The topological polar surface area (TPSA) is 121 Å². The third-order valence-corrected chi connectivity index (χ3v) is 5.53. The molecule has 32 heavy (non-hydrogen) atoms. The van der Waals surface area contributed by atoms with Crippen molar-refractivity contribution >= 4 is 23.3 Å². The van der Waals surface area contributed by atoms with Gasteiger partial charge in [0, 0.05) is 18.7 Å². The number of carbonyl (C=O) groups excluding carboxylic acids is 1. The van der Waals surface area contributed by atoms with Crippen LogP contribution in [0.1, 0.15) is 29.5 Å². The van der Waals surface area contributed by atoms with E-state index in [0.29, 0.717) is 48.3 Å². The molecular formula is C23H32N2O7. The molecule has 0 bridgehead atoms. The maximum Gasteiger partial charge on any atom is 0.339 e. The van der Waals surface area contributed by atoms with Crippen molar-refractivity contribution in [3.8, 4) is 5.75 Å². The summed E-state index contributed by atoms with van der Waals surface area (Å²) in [5.74, 6) is 0.363. The first-order valence-corrected chi connectivity index (χ1v) is 10.4. The zero-order chi connectivity index (χ0) is 24.1. The molecule has 2 aromatic rings. The number of likely N-dealkylation sites (tertiary alicyclic amines) is 1. The molecule has 9 heteroatoms. The van der Waals surface area contributed by atoms with Crippen molar-refractivity contribution in [2.24, 2.45) is 0 Å². The SMILES string of the molecule is Cc1cc(OCC(=O)N2CCCC(O)(CN(C)C)C2)c2c(C)c(C)c(=O)oc2c1.O=CO. The fraction of sp³-hybridized carbons (Fsp3) is 0.522. The van der Waals surface area contributed by atoms with Gasteiger partial charge in [-0.05, 0) is 71.0 Å². The van der Waals surface area contributed by atoms with Crippen LogP contribution in [0.3, 0.4) is 0 Å². The van der Waals surface area contributed by atoms with E-state index in [4.69, 9.17) is 19.1 Å². The van der Waals surface area contributed by atoms with Crippen LogP contribution in [-0.4, -0.2) is 78.3 Å². The zero-order valence-corrected chi connectivity index (χ0v) is 19.3. The Kier molecular flexibility index (Phi) is 8.40. The molecule has 3 rings (SSSR count). The first-order valence-electron chi connectivity index (χ1n) is 10.4. The number of aliphatic hydroxyl groups is 1. The van der Waals surface area contributed by atoms with Crippen LogP contribution >= 0.6 is 0 Å². The van der Waals surface area contributed by atoms with Crippen molar-refractivity contribution in [2.75, 3.05) is 40.3 Å².